The number of aldehydes is 1. The van der Waals surface area contributed by atoms with Crippen molar-refractivity contribution in [3.8, 4) is 0 Å². The lowest BCUT2D eigenvalue weighted by Gasteiger charge is -2.28. The minimum atomic E-state index is 0.252. The van der Waals surface area contributed by atoms with Crippen LogP contribution in [-0.4, -0.2) is 6.29 Å². The van der Waals surface area contributed by atoms with Crippen LogP contribution in [0.4, 0.5) is 0 Å². The first-order valence-electron chi connectivity index (χ1n) is 6.57. The zero-order valence-corrected chi connectivity index (χ0v) is 10.5. The zero-order chi connectivity index (χ0) is 11.3. The second-order valence-corrected chi connectivity index (χ2v) is 5.82. The molecule has 2 unspecified atom stereocenters. The Balaban J connectivity index is 2.20. The third kappa shape index (κ3) is 4.81. The molecule has 0 heterocycles. The maximum atomic E-state index is 10.6. The average Bonchev–Trinajstić information content (AvgIpc) is 2.21. The normalized spacial score (nSPS) is 30.9. The van der Waals surface area contributed by atoms with Crippen LogP contribution in [-0.2, 0) is 4.79 Å². The molecule has 0 aromatic heterocycles. The van der Waals surface area contributed by atoms with Gasteiger partial charge in [-0.2, -0.15) is 0 Å². The Kier molecular flexibility index (Phi) is 5.35. The van der Waals surface area contributed by atoms with E-state index in [4.69, 9.17) is 0 Å². The second-order valence-electron chi connectivity index (χ2n) is 5.82. The summed E-state index contributed by atoms with van der Waals surface area (Å²) in [6, 6.07) is 0. The molecular formula is C14H26O. The van der Waals surface area contributed by atoms with Gasteiger partial charge in [0.1, 0.15) is 6.29 Å². The van der Waals surface area contributed by atoms with Crippen molar-refractivity contribution in [2.24, 2.45) is 23.7 Å². The van der Waals surface area contributed by atoms with Gasteiger partial charge in [0, 0.05) is 5.92 Å². The summed E-state index contributed by atoms with van der Waals surface area (Å²) in [5.74, 6) is 2.87. The molecule has 88 valence electrons. The van der Waals surface area contributed by atoms with E-state index in [0.29, 0.717) is 0 Å². The van der Waals surface area contributed by atoms with Crippen molar-refractivity contribution in [3.63, 3.8) is 0 Å². The Hall–Kier alpha value is -0.330. The Labute approximate surface area is 94.6 Å². The van der Waals surface area contributed by atoms with E-state index in [1.54, 1.807) is 0 Å². The van der Waals surface area contributed by atoms with Crippen molar-refractivity contribution < 1.29 is 4.79 Å². The Morgan fingerprint density at radius 1 is 1.20 bits per heavy atom. The molecule has 0 bridgehead atoms. The van der Waals surface area contributed by atoms with Gasteiger partial charge in [-0.15, -0.1) is 0 Å². The molecule has 1 fully saturated rings. The van der Waals surface area contributed by atoms with Gasteiger partial charge in [-0.1, -0.05) is 46.5 Å². The predicted molar refractivity (Wildman–Crippen MR) is 64.7 cm³/mol. The SMILES string of the molecule is CC(C=O)CC(C)CC1CCC(C)CC1. The van der Waals surface area contributed by atoms with E-state index in [1.807, 2.05) is 6.92 Å². The van der Waals surface area contributed by atoms with Crippen molar-refractivity contribution in [2.45, 2.75) is 59.3 Å². The smallest absolute Gasteiger partial charge is 0.122 e. The van der Waals surface area contributed by atoms with E-state index in [9.17, 15) is 4.79 Å². The highest BCUT2D eigenvalue weighted by Gasteiger charge is 2.20. The lowest BCUT2D eigenvalue weighted by Crippen LogP contribution is -2.16. The van der Waals surface area contributed by atoms with Gasteiger partial charge in [0.25, 0.3) is 0 Å². The molecule has 0 N–H and O–H groups in total. The number of hydrogen-bond donors (Lipinski definition) is 0. The fourth-order valence-electron chi connectivity index (χ4n) is 2.92. The third-order valence-corrected chi connectivity index (χ3v) is 3.88. The number of carbonyl (C=O) groups is 1. The quantitative estimate of drug-likeness (QED) is 0.625. The average molecular weight is 210 g/mol. The first-order valence-corrected chi connectivity index (χ1v) is 6.57. The standard InChI is InChI=1S/C14H26O/c1-11-4-6-14(7-5-11)9-12(2)8-13(3)10-15/h10-14H,4-9H2,1-3H3. The van der Waals surface area contributed by atoms with Gasteiger partial charge in [-0.05, 0) is 30.6 Å². The van der Waals surface area contributed by atoms with Gasteiger partial charge >= 0.3 is 0 Å². The molecule has 1 aliphatic rings. The highest BCUT2D eigenvalue weighted by Crippen LogP contribution is 2.33. The summed E-state index contributed by atoms with van der Waals surface area (Å²) in [6.45, 7) is 6.71. The van der Waals surface area contributed by atoms with E-state index in [2.05, 4.69) is 13.8 Å². The van der Waals surface area contributed by atoms with Gasteiger partial charge < -0.3 is 4.79 Å². The molecule has 0 spiro atoms. The first kappa shape index (κ1) is 12.7. The summed E-state index contributed by atoms with van der Waals surface area (Å²) in [4.78, 5) is 10.6. The second kappa shape index (κ2) is 6.30. The molecule has 0 amide bonds. The molecule has 0 radical (unpaired) electrons. The van der Waals surface area contributed by atoms with Crippen LogP contribution in [0.3, 0.4) is 0 Å². The molecule has 0 saturated heterocycles. The van der Waals surface area contributed by atoms with Crippen LogP contribution in [0.5, 0.6) is 0 Å². The maximum absolute atomic E-state index is 10.6. The monoisotopic (exact) mass is 210 g/mol. The first-order chi connectivity index (χ1) is 7.11. The Morgan fingerprint density at radius 2 is 1.80 bits per heavy atom. The molecule has 1 aliphatic carbocycles. The summed E-state index contributed by atoms with van der Waals surface area (Å²) in [6.07, 6.45) is 9.18. The summed E-state index contributed by atoms with van der Waals surface area (Å²) in [5, 5.41) is 0. The van der Waals surface area contributed by atoms with Crippen LogP contribution in [0.2, 0.25) is 0 Å². The summed E-state index contributed by atoms with van der Waals surface area (Å²) in [5.41, 5.74) is 0. The summed E-state index contributed by atoms with van der Waals surface area (Å²) >= 11 is 0. The predicted octanol–water partition coefficient (Wildman–Crippen LogP) is 4.06. The van der Waals surface area contributed by atoms with Crippen LogP contribution in [0.1, 0.15) is 59.3 Å². The molecule has 2 atom stereocenters. The van der Waals surface area contributed by atoms with E-state index in [1.165, 1.54) is 32.1 Å². The van der Waals surface area contributed by atoms with E-state index < -0.39 is 0 Å². The number of hydrogen-bond acceptors (Lipinski definition) is 1. The highest BCUT2D eigenvalue weighted by molar-refractivity contribution is 5.52. The fourth-order valence-corrected chi connectivity index (χ4v) is 2.92. The number of carbonyl (C=O) groups excluding carboxylic acids is 1. The van der Waals surface area contributed by atoms with Crippen molar-refractivity contribution in [1.29, 1.82) is 0 Å². The molecule has 0 aliphatic heterocycles. The van der Waals surface area contributed by atoms with Crippen LogP contribution in [0, 0.1) is 23.7 Å². The fraction of sp³-hybridized carbons (Fsp3) is 0.929. The van der Waals surface area contributed by atoms with Crippen LogP contribution in [0.15, 0.2) is 0 Å². The van der Waals surface area contributed by atoms with E-state index in [0.717, 1.165) is 30.5 Å². The zero-order valence-electron chi connectivity index (χ0n) is 10.5. The summed E-state index contributed by atoms with van der Waals surface area (Å²) in [7, 11) is 0. The minimum absolute atomic E-state index is 0.252. The third-order valence-electron chi connectivity index (χ3n) is 3.88. The Bertz CT molecular complexity index is 180. The lowest BCUT2D eigenvalue weighted by molar-refractivity contribution is -0.111. The molecule has 0 aromatic carbocycles. The molecule has 1 rings (SSSR count). The Morgan fingerprint density at radius 3 is 2.33 bits per heavy atom. The van der Waals surface area contributed by atoms with Gasteiger partial charge in [-0.3, -0.25) is 0 Å². The highest BCUT2D eigenvalue weighted by atomic mass is 16.1. The van der Waals surface area contributed by atoms with Crippen molar-refractivity contribution >= 4 is 6.29 Å². The largest absolute Gasteiger partial charge is 0.303 e. The molecule has 1 saturated carbocycles. The topological polar surface area (TPSA) is 17.1 Å². The summed E-state index contributed by atoms with van der Waals surface area (Å²) < 4.78 is 0. The molecule has 15 heavy (non-hydrogen) atoms. The number of rotatable bonds is 5. The van der Waals surface area contributed by atoms with Crippen LogP contribution >= 0.6 is 0 Å². The lowest BCUT2D eigenvalue weighted by atomic mass is 9.78. The van der Waals surface area contributed by atoms with E-state index in [-0.39, 0.29) is 5.92 Å². The van der Waals surface area contributed by atoms with E-state index >= 15 is 0 Å². The van der Waals surface area contributed by atoms with Gasteiger partial charge in [0.15, 0.2) is 0 Å². The maximum Gasteiger partial charge on any atom is 0.122 e. The molecule has 1 nitrogen and oxygen atoms in total. The van der Waals surface area contributed by atoms with Gasteiger partial charge in [-0.25, -0.2) is 0 Å². The van der Waals surface area contributed by atoms with Crippen LogP contribution < -0.4 is 0 Å². The van der Waals surface area contributed by atoms with Crippen molar-refractivity contribution in [2.75, 3.05) is 0 Å². The van der Waals surface area contributed by atoms with Crippen molar-refractivity contribution in [1.82, 2.24) is 0 Å². The van der Waals surface area contributed by atoms with Crippen LogP contribution in [0.25, 0.3) is 0 Å². The van der Waals surface area contributed by atoms with Crippen molar-refractivity contribution in [3.05, 3.63) is 0 Å². The van der Waals surface area contributed by atoms with Gasteiger partial charge in [0.05, 0.1) is 0 Å². The minimum Gasteiger partial charge on any atom is -0.303 e. The molecular weight excluding hydrogens is 184 g/mol. The molecule has 0 aromatic rings. The molecule has 1 heteroatoms. The van der Waals surface area contributed by atoms with Gasteiger partial charge in [0.2, 0.25) is 0 Å².